The number of aromatic nitrogens is 1. The minimum Gasteiger partial charge on any atom is -0.497 e. The van der Waals surface area contributed by atoms with Crippen LogP contribution in [0, 0.1) is 0 Å². The van der Waals surface area contributed by atoms with Crippen molar-refractivity contribution in [3.8, 4) is 5.75 Å². The molecule has 136 valence electrons. The van der Waals surface area contributed by atoms with E-state index in [1.54, 1.807) is 43.5 Å². The highest BCUT2D eigenvalue weighted by atomic mass is 16.5. The largest absolute Gasteiger partial charge is 0.497 e. The minimum absolute atomic E-state index is 0.0166. The zero-order chi connectivity index (χ0) is 19.2. The summed E-state index contributed by atoms with van der Waals surface area (Å²) in [4.78, 5) is 27.9. The van der Waals surface area contributed by atoms with Gasteiger partial charge in [-0.25, -0.2) is 4.98 Å². The van der Waals surface area contributed by atoms with E-state index < -0.39 is 0 Å². The lowest BCUT2D eigenvalue weighted by Crippen LogP contribution is -2.12. The van der Waals surface area contributed by atoms with Gasteiger partial charge in [-0.2, -0.15) is 0 Å². The second-order valence-electron chi connectivity index (χ2n) is 5.87. The number of nitrogens with one attached hydrogen (secondary N) is 2. The molecule has 3 aromatic rings. The summed E-state index contributed by atoms with van der Waals surface area (Å²) >= 11 is 0. The van der Waals surface area contributed by atoms with Gasteiger partial charge in [0.1, 0.15) is 11.6 Å². The van der Waals surface area contributed by atoms with Crippen LogP contribution in [-0.2, 0) is 0 Å². The number of Topliss-reactive ketones (excluding diaryl/α,β-unsaturated/α-hetero) is 1. The topological polar surface area (TPSA) is 80.3 Å². The number of nitrogens with zero attached hydrogens (tertiary/aromatic N) is 1. The maximum absolute atomic E-state index is 12.3. The van der Waals surface area contributed by atoms with Crippen LogP contribution in [0.15, 0.2) is 66.9 Å². The normalized spacial score (nSPS) is 10.1. The highest BCUT2D eigenvalue weighted by molar-refractivity contribution is 6.04. The lowest BCUT2D eigenvalue weighted by molar-refractivity contribution is 0.101. The van der Waals surface area contributed by atoms with Crippen LogP contribution in [0.3, 0.4) is 0 Å². The number of methoxy groups -OCH3 is 1. The average Bonchev–Trinajstić information content (AvgIpc) is 2.69. The molecule has 0 aliphatic rings. The molecule has 3 rings (SSSR count). The Kier molecular flexibility index (Phi) is 5.47. The van der Waals surface area contributed by atoms with E-state index in [-0.39, 0.29) is 11.7 Å². The first-order valence-electron chi connectivity index (χ1n) is 8.34. The molecule has 0 radical (unpaired) electrons. The van der Waals surface area contributed by atoms with Crippen molar-refractivity contribution in [3.63, 3.8) is 0 Å². The summed E-state index contributed by atoms with van der Waals surface area (Å²) in [6.45, 7) is 1.50. The Hall–Kier alpha value is -3.67. The van der Waals surface area contributed by atoms with Crippen molar-refractivity contribution in [1.29, 1.82) is 0 Å². The zero-order valence-corrected chi connectivity index (χ0v) is 15.0. The van der Waals surface area contributed by atoms with Crippen LogP contribution in [0.4, 0.5) is 17.2 Å². The fraction of sp³-hybridized carbons (Fsp3) is 0.0952. The van der Waals surface area contributed by atoms with Crippen molar-refractivity contribution in [2.75, 3.05) is 17.7 Å². The molecule has 0 fully saturated rings. The van der Waals surface area contributed by atoms with E-state index in [9.17, 15) is 9.59 Å². The molecule has 2 N–H and O–H groups in total. The molecule has 0 unspecified atom stereocenters. The number of ketones is 1. The number of carbonyl (C=O) groups excluding carboxylic acids is 2. The van der Waals surface area contributed by atoms with Crippen LogP contribution in [-0.4, -0.2) is 23.8 Å². The first-order chi connectivity index (χ1) is 13.0. The predicted molar refractivity (Wildman–Crippen MR) is 105 cm³/mol. The first kappa shape index (κ1) is 18.1. The van der Waals surface area contributed by atoms with Crippen molar-refractivity contribution in [2.24, 2.45) is 0 Å². The molecule has 0 spiro atoms. The van der Waals surface area contributed by atoms with Crippen LogP contribution in [0.25, 0.3) is 0 Å². The number of hydrogen-bond acceptors (Lipinski definition) is 5. The molecule has 1 heterocycles. The molecular weight excluding hydrogens is 342 g/mol. The number of amides is 1. The third-order valence-electron chi connectivity index (χ3n) is 3.94. The van der Waals surface area contributed by atoms with E-state index in [1.807, 2.05) is 24.3 Å². The van der Waals surface area contributed by atoms with E-state index in [0.717, 1.165) is 11.4 Å². The SMILES string of the molecule is COc1ccc(Nc2ccc(C(=O)Nc3ccc(C(C)=O)cc3)cn2)cc1. The van der Waals surface area contributed by atoms with E-state index in [1.165, 1.54) is 13.1 Å². The smallest absolute Gasteiger partial charge is 0.257 e. The fourth-order valence-corrected chi connectivity index (χ4v) is 2.42. The zero-order valence-electron chi connectivity index (χ0n) is 15.0. The summed E-state index contributed by atoms with van der Waals surface area (Å²) < 4.78 is 5.12. The Bertz CT molecular complexity index is 934. The number of pyridine rings is 1. The van der Waals surface area contributed by atoms with Gasteiger partial charge in [0.05, 0.1) is 12.7 Å². The maximum atomic E-state index is 12.3. The van der Waals surface area contributed by atoms with Crippen LogP contribution < -0.4 is 15.4 Å². The molecule has 6 nitrogen and oxygen atoms in total. The summed E-state index contributed by atoms with van der Waals surface area (Å²) in [5, 5.41) is 5.94. The maximum Gasteiger partial charge on any atom is 0.257 e. The van der Waals surface area contributed by atoms with Crippen LogP contribution in [0.5, 0.6) is 5.75 Å². The van der Waals surface area contributed by atoms with Gasteiger partial charge < -0.3 is 15.4 Å². The molecule has 27 heavy (non-hydrogen) atoms. The Balaban J connectivity index is 1.63. The number of anilines is 3. The summed E-state index contributed by atoms with van der Waals surface area (Å²) in [5.41, 5.74) is 2.52. The summed E-state index contributed by atoms with van der Waals surface area (Å²) in [5.74, 6) is 1.12. The second-order valence-corrected chi connectivity index (χ2v) is 5.87. The monoisotopic (exact) mass is 361 g/mol. The Labute approximate surface area is 157 Å². The lowest BCUT2D eigenvalue weighted by atomic mass is 10.1. The predicted octanol–water partition coefficient (Wildman–Crippen LogP) is 4.29. The minimum atomic E-state index is -0.269. The molecule has 0 aliphatic carbocycles. The fourth-order valence-electron chi connectivity index (χ4n) is 2.42. The van der Waals surface area contributed by atoms with E-state index in [0.29, 0.717) is 22.6 Å². The highest BCUT2D eigenvalue weighted by Gasteiger charge is 2.08. The van der Waals surface area contributed by atoms with Gasteiger partial charge in [-0.1, -0.05) is 0 Å². The molecular formula is C21H19N3O3. The van der Waals surface area contributed by atoms with Gasteiger partial charge in [0, 0.05) is 23.1 Å². The number of carbonyl (C=O) groups is 2. The molecule has 0 bridgehead atoms. The molecule has 0 saturated carbocycles. The number of ether oxygens (including phenoxy) is 1. The van der Waals surface area contributed by atoms with Crippen LogP contribution >= 0.6 is 0 Å². The third-order valence-corrected chi connectivity index (χ3v) is 3.94. The Morgan fingerprint density at radius 2 is 1.48 bits per heavy atom. The Morgan fingerprint density at radius 1 is 0.852 bits per heavy atom. The second kappa shape index (κ2) is 8.14. The molecule has 0 aliphatic heterocycles. The standard InChI is InChI=1S/C21H19N3O3/c1-14(25)15-3-6-18(7-4-15)24-21(26)16-5-12-20(22-13-16)23-17-8-10-19(27-2)11-9-17/h3-13H,1-2H3,(H,22,23)(H,24,26). The van der Waals surface area contributed by atoms with Gasteiger partial charge in [-0.15, -0.1) is 0 Å². The van der Waals surface area contributed by atoms with Crippen molar-refractivity contribution >= 4 is 28.9 Å². The molecule has 1 aromatic heterocycles. The molecule has 2 aromatic carbocycles. The Morgan fingerprint density at radius 3 is 2.04 bits per heavy atom. The van der Waals surface area contributed by atoms with E-state index in [4.69, 9.17) is 4.74 Å². The van der Waals surface area contributed by atoms with E-state index >= 15 is 0 Å². The van der Waals surface area contributed by atoms with Gasteiger partial charge in [-0.05, 0) is 67.6 Å². The van der Waals surface area contributed by atoms with Gasteiger partial charge in [-0.3, -0.25) is 9.59 Å². The number of benzene rings is 2. The lowest BCUT2D eigenvalue weighted by Gasteiger charge is -2.08. The summed E-state index contributed by atoms with van der Waals surface area (Å²) in [6, 6.07) is 17.6. The van der Waals surface area contributed by atoms with E-state index in [2.05, 4.69) is 15.6 Å². The van der Waals surface area contributed by atoms with Crippen molar-refractivity contribution in [3.05, 3.63) is 78.0 Å². The van der Waals surface area contributed by atoms with Gasteiger partial charge in [0.25, 0.3) is 5.91 Å². The van der Waals surface area contributed by atoms with Crippen LogP contribution in [0.1, 0.15) is 27.6 Å². The van der Waals surface area contributed by atoms with Gasteiger partial charge in [0.15, 0.2) is 5.78 Å². The van der Waals surface area contributed by atoms with Crippen molar-refractivity contribution in [1.82, 2.24) is 4.98 Å². The van der Waals surface area contributed by atoms with Gasteiger partial charge >= 0.3 is 0 Å². The first-order valence-corrected chi connectivity index (χ1v) is 8.34. The van der Waals surface area contributed by atoms with Gasteiger partial charge in [0.2, 0.25) is 0 Å². The molecule has 0 saturated heterocycles. The number of hydrogen-bond donors (Lipinski definition) is 2. The highest BCUT2D eigenvalue weighted by Crippen LogP contribution is 2.19. The van der Waals surface area contributed by atoms with Crippen LogP contribution in [0.2, 0.25) is 0 Å². The molecule has 0 atom stereocenters. The van der Waals surface area contributed by atoms with Crippen molar-refractivity contribution in [2.45, 2.75) is 6.92 Å². The van der Waals surface area contributed by atoms with Crippen molar-refractivity contribution < 1.29 is 14.3 Å². The molecule has 1 amide bonds. The summed E-state index contributed by atoms with van der Waals surface area (Å²) in [7, 11) is 1.62. The molecule has 6 heteroatoms. The summed E-state index contributed by atoms with van der Waals surface area (Å²) in [6.07, 6.45) is 1.51. The quantitative estimate of drug-likeness (QED) is 0.640. The average molecular weight is 361 g/mol. The third kappa shape index (κ3) is 4.70. The number of rotatable bonds is 6.